The van der Waals surface area contributed by atoms with Crippen molar-refractivity contribution in [3.05, 3.63) is 29.3 Å². The van der Waals surface area contributed by atoms with Gasteiger partial charge in [0.05, 0.1) is 16.2 Å². The first-order chi connectivity index (χ1) is 7.74. The summed E-state index contributed by atoms with van der Waals surface area (Å²) in [5.74, 6) is -0.789. The number of carboxylic acid groups (broad SMARTS) is 1. The number of benzene rings is 1. The predicted molar refractivity (Wildman–Crippen MR) is 68.6 cm³/mol. The summed E-state index contributed by atoms with van der Waals surface area (Å²) in [6.07, 6.45) is 0. The number of hydrogen-bond donors (Lipinski definition) is 1. The average molecular weight is 254 g/mol. The molecule has 17 heavy (non-hydrogen) atoms. The van der Waals surface area contributed by atoms with Crippen LogP contribution in [0.5, 0.6) is 0 Å². The van der Waals surface area contributed by atoms with E-state index in [9.17, 15) is 9.00 Å². The molecule has 3 nitrogen and oxygen atoms in total. The number of aliphatic carboxylic acids is 1. The number of rotatable bonds is 4. The molecule has 0 spiro atoms. The van der Waals surface area contributed by atoms with E-state index >= 15 is 0 Å². The van der Waals surface area contributed by atoms with Gasteiger partial charge in [0.25, 0.3) is 0 Å². The number of hydrogen-bond acceptors (Lipinski definition) is 2. The maximum absolute atomic E-state index is 12.2. The Morgan fingerprint density at radius 1 is 1.35 bits per heavy atom. The molecular formula is C13H18O3S. The van der Waals surface area contributed by atoms with Gasteiger partial charge in [-0.25, -0.2) is 0 Å². The summed E-state index contributed by atoms with van der Waals surface area (Å²) in [6.45, 7) is 7.01. The van der Waals surface area contributed by atoms with E-state index in [1.54, 1.807) is 13.8 Å². The van der Waals surface area contributed by atoms with Gasteiger partial charge in [0, 0.05) is 10.6 Å². The van der Waals surface area contributed by atoms with E-state index in [2.05, 4.69) is 0 Å². The van der Waals surface area contributed by atoms with Crippen LogP contribution in [0.3, 0.4) is 0 Å². The van der Waals surface area contributed by atoms with Gasteiger partial charge in [0.2, 0.25) is 0 Å². The van der Waals surface area contributed by atoms with Gasteiger partial charge in [0.15, 0.2) is 0 Å². The van der Waals surface area contributed by atoms with Crippen molar-refractivity contribution < 1.29 is 14.1 Å². The molecule has 0 saturated heterocycles. The third-order valence-corrected chi connectivity index (χ3v) is 4.57. The molecule has 1 unspecified atom stereocenters. The SMILES string of the molecule is Cc1ccc(C)c(S(=O)CC(C)(C)C(=O)O)c1. The highest BCUT2D eigenvalue weighted by Gasteiger charge is 2.30. The van der Waals surface area contributed by atoms with Crippen LogP contribution in [-0.4, -0.2) is 21.0 Å². The van der Waals surface area contributed by atoms with E-state index < -0.39 is 22.2 Å². The first kappa shape index (κ1) is 13.9. The Labute approximate surface area is 104 Å². The molecule has 1 aromatic carbocycles. The fourth-order valence-corrected chi connectivity index (χ4v) is 3.10. The number of aryl methyl sites for hydroxylation is 2. The average Bonchev–Trinajstić information content (AvgIpc) is 2.20. The van der Waals surface area contributed by atoms with Crippen LogP contribution in [0, 0.1) is 19.3 Å². The second-order valence-corrected chi connectivity index (χ2v) is 6.37. The Morgan fingerprint density at radius 3 is 2.47 bits per heavy atom. The summed E-state index contributed by atoms with van der Waals surface area (Å²) in [4.78, 5) is 11.7. The summed E-state index contributed by atoms with van der Waals surface area (Å²) in [6, 6.07) is 5.73. The van der Waals surface area contributed by atoms with Crippen molar-refractivity contribution in [3.63, 3.8) is 0 Å². The monoisotopic (exact) mass is 254 g/mol. The molecule has 94 valence electrons. The lowest BCUT2D eigenvalue weighted by Gasteiger charge is -2.19. The van der Waals surface area contributed by atoms with Crippen LogP contribution >= 0.6 is 0 Å². The molecule has 0 bridgehead atoms. The molecule has 0 saturated carbocycles. The molecule has 1 aromatic rings. The molecule has 0 radical (unpaired) electrons. The lowest BCUT2D eigenvalue weighted by Crippen LogP contribution is -2.30. The molecule has 0 aromatic heterocycles. The fourth-order valence-electron chi connectivity index (χ4n) is 1.42. The normalized spacial score (nSPS) is 13.4. The fraction of sp³-hybridized carbons (Fsp3) is 0.462. The largest absolute Gasteiger partial charge is 0.481 e. The van der Waals surface area contributed by atoms with Crippen molar-refractivity contribution in [3.8, 4) is 0 Å². The molecule has 1 rings (SSSR count). The van der Waals surface area contributed by atoms with Gasteiger partial charge in [-0.3, -0.25) is 9.00 Å². The molecule has 1 atom stereocenters. The quantitative estimate of drug-likeness (QED) is 0.898. The van der Waals surface area contributed by atoms with Crippen molar-refractivity contribution in [2.24, 2.45) is 5.41 Å². The van der Waals surface area contributed by atoms with Gasteiger partial charge in [-0.15, -0.1) is 0 Å². The Bertz CT molecular complexity index is 464. The van der Waals surface area contributed by atoms with Crippen molar-refractivity contribution >= 4 is 16.8 Å². The summed E-state index contributed by atoms with van der Waals surface area (Å²) < 4.78 is 12.2. The van der Waals surface area contributed by atoms with Gasteiger partial charge in [-0.1, -0.05) is 12.1 Å². The lowest BCUT2D eigenvalue weighted by molar-refractivity contribution is -0.145. The zero-order chi connectivity index (χ0) is 13.2. The molecule has 0 aliphatic rings. The zero-order valence-corrected chi connectivity index (χ0v) is 11.4. The smallest absolute Gasteiger partial charge is 0.310 e. The molecule has 0 aliphatic carbocycles. The third-order valence-electron chi connectivity index (χ3n) is 2.66. The van der Waals surface area contributed by atoms with Gasteiger partial charge < -0.3 is 5.11 Å². The highest BCUT2D eigenvalue weighted by molar-refractivity contribution is 7.85. The van der Waals surface area contributed by atoms with E-state index in [-0.39, 0.29) is 5.75 Å². The molecule has 4 heteroatoms. The van der Waals surface area contributed by atoms with Gasteiger partial charge >= 0.3 is 5.97 Å². The molecule has 1 N–H and O–H groups in total. The van der Waals surface area contributed by atoms with Crippen molar-refractivity contribution in [2.45, 2.75) is 32.6 Å². The maximum atomic E-state index is 12.2. The Hall–Kier alpha value is -1.16. The van der Waals surface area contributed by atoms with Crippen LogP contribution in [-0.2, 0) is 15.6 Å². The van der Waals surface area contributed by atoms with E-state index in [4.69, 9.17) is 5.11 Å². The standard InChI is InChI=1S/C13H18O3S/c1-9-5-6-10(2)11(7-9)17(16)8-13(3,4)12(14)15/h5-7H,8H2,1-4H3,(H,14,15). The molecular weight excluding hydrogens is 236 g/mol. The Morgan fingerprint density at radius 2 is 1.94 bits per heavy atom. The van der Waals surface area contributed by atoms with Crippen LogP contribution in [0.1, 0.15) is 25.0 Å². The first-order valence-corrected chi connectivity index (χ1v) is 6.75. The van der Waals surface area contributed by atoms with Crippen LogP contribution in [0.4, 0.5) is 0 Å². The highest BCUT2D eigenvalue weighted by Crippen LogP contribution is 2.23. The summed E-state index contributed by atoms with van der Waals surface area (Å²) in [5.41, 5.74) is 1.00. The minimum atomic E-state index is -1.28. The summed E-state index contributed by atoms with van der Waals surface area (Å²) in [7, 11) is -1.28. The van der Waals surface area contributed by atoms with E-state index in [0.29, 0.717) is 0 Å². The van der Waals surface area contributed by atoms with E-state index in [1.807, 2.05) is 32.0 Å². The van der Waals surface area contributed by atoms with Crippen LogP contribution in [0.15, 0.2) is 23.1 Å². The van der Waals surface area contributed by atoms with Crippen molar-refractivity contribution in [2.75, 3.05) is 5.75 Å². The topological polar surface area (TPSA) is 54.4 Å². The van der Waals surface area contributed by atoms with Crippen molar-refractivity contribution in [1.82, 2.24) is 0 Å². The maximum Gasteiger partial charge on any atom is 0.310 e. The van der Waals surface area contributed by atoms with Gasteiger partial charge in [-0.2, -0.15) is 0 Å². The van der Waals surface area contributed by atoms with E-state index in [1.165, 1.54) is 0 Å². The van der Waals surface area contributed by atoms with E-state index in [0.717, 1.165) is 16.0 Å². The summed E-state index contributed by atoms with van der Waals surface area (Å²) in [5, 5.41) is 9.03. The second-order valence-electron chi connectivity index (χ2n) is 4.95. The second kappa shape index (κ2) is 5.00. The highest BCUT2D eigenvalue weighted by atomic mass is 32.2. The molecule has 0 heterocycles. The third kappa shape index (κ3) is 3.40. The molecule has 0 aliphatic heterocycles. The minimum Gasteiger partial charge on any atom is -0.481 e. The zero-order valence-electron chi connectivity index (χ0n) is 10.6. The predicted octanol–water partition coefficient (Wildman–Crippen LogP) is 2.52. The van der Waals surface area contributed by atoms with Crippen LogP contribution in [0.2, 0.25) is 0 Å². The minimum absolute atomic E-state index is 0.132. The number of carbonyl (C=O) groups is 1. The number of carboxylic acids is 1. The molecule has 0 amide bonds. The first-order valence-electron chi connectivity index (χ1n) is 5.43. The van der Waals surface area contributed by atoms with Crippen LogP contribution < -0.4 is 0 Å². The molecule has 0 fully saturated rings. The van der Waals surface area contributed by atoms with Gasteiger partial charge in [-0.05, 0) is 44.9 Å². The van der Waals surface area contributed by atoms with Gasteiger partial charge in [0.1, 0.15) is 0 Å². The van der Waals surface area contributed by atoms with Crippen molar-refractivity contribution in [1.29, 1.82) is 0 Å². The Kier molecular flexibility index (Phi) is 4.09. The summed E-state index contributed by atoms with van der Waals surface area (Å²) >= 11 is 0. The lowest BCUT2D eigenvalue weighted by atomic mass is 9.97. The van der Waals surface area contributed by atoms with Crippen LogP contribution in [0.25, 0.3) is 0 Å². The Balaban J connectivity index is 2.98.